The lowest BCUT2D eigenvalue weighted by Crippen LogP contribution is -2.22. The molecule has 0 spiro atoms. The Bertz CT molecular complexity index is 535. The molecule has 2 aromatic rings. The molecule has 0 aromatic heterocycles. The van der Waals surface area contributed by atoms with E-state index in [0.717, 1.165) is 19.7 Å². The van der Waals surface area contributed by atoms with Gasteiger partial charge in [0, 0.05) is 13.1 Å². The topological polar surface area (TPSA) is 21.3 Å². The molecule has 0 aliphatic carbocycles. The molecule has 0 bridgehead atoms. The fraction of sp³-hybridized carbons (Fsp3) is 0.333. The van der Waals surface area contributed by atoms with Gasteiger partial charge < -0.3 is 10.1 Å². The number of rotatable bonds is 2. The Kier molecular flexibility index (Phi) is 4.14. The lowest BCUT2D eigenvalue weighted by atomic mass is 10.0. The first-order valence-electron chi connectivity index (χ1n) is 7.30. The second-order valence-electron chi connectivity index (χ2n) is 5.57. The van der Waals surface area contributed by atoms with E-state index in [9.17, 15) is 0 Å². The van der Waals surface area contributed by atoms with Crippen LogP contribution in [-0.2, 0) is 4.74 Å². The zero-order chi connectivity index (χ0) is 13.8. The molecule has 2 nitrogen and oxygen atoms in total. The van der Waals surface area contributed by atoms with E-state index >= 15 is 0 Å². The van der Waals surface area contributed by atoms with Gasteiger partial charge in [0.25, 0.3) is 0 Å². The first-order valence-corrected chi connectivity index (χ1v) is 7.30. The predicted molar refractivity (Wildman–Crippen MR) is 82.6 cm³/mol. The molecule has 2 aromatic carbocycles. The average Bonchev–Trinajstić information content (AvgIpc) is 2.73. The SMILES string of the molecule is CC1CNCC(c2ccc(-c3ccccc3)cc2)OC1. The van der Waals surface area contributed by atoms with Gasteiger partial charge in [-0.15, -0.1) is 0 Å². The van der Waals surface area contributed by atoms with Crippen molar-refractivity contribution in [2.45, 2.75) is 13.0 Å². The lowest BCUT2D eigenvalue weighted by Gasteiger charge is -2.16. The summed E-state index contributed by atoms with van der Waals surface area (Å²) in [4.78, 5) is 0. The van der Waals surface area contributed by atoms with Crippen LogP contribution in [0.15, 0.2) is 54.6 Å². The summed E-state index contributed by atoms with van der Waals surface area (Å²) in [6.07, 6.45) is 0.171. The fourth-order valence-corrected chi connectivity index (χ4v) is 2.59. The highest BCUT2D eigenvalue weighted by molar-refractivity contribution is 5.63. The highest BCUT2D eigenvalue weighted by Crippen LogP contribution is 2.24. The molecule has 1 saturated heterocycles. The summed E-state index contributed by atoms with van der Waals surface area (Å²) in [5.41, 5.74) is 3.77. The summed E-state index contributed by atoms with van der Waals surface area (Å²) in [6, 6.07) is 19.2. The van der Waals surface area contributed by atoms with Gasteiger partial charge in [-0.3, -0.25) is 0 Å². The van der Waals surface area contributed by atoms with Crippen molar-refractivity contribution in [2.75, 3.05) is 19.7 Å². The van der Waals surface area contributed by atoms with Crippen LogP contribution in [-0.4, -0.2) is 19.7 Å². The molecule has 1 heterocycles. The molecule has 0 radical (unpaired) electrons. The molecular formula is C18H21NO. The molecule has 0 amide bonds. The quantitative estimate of drug-likeness (QED) is 0.896. The van der Waals surface area contributed by atoms with Gasteiger partial charge >= 0.3 is 0 Å². The third-order valence-corrected chi connectivity index (χ3v) is 3.79. The fourth-order valence-electron chi connectivity index (χ4n) is 2.59. The number of benzene rings is 2. The highest BCUT2D eigenvalue weighted by atomic mass is 16.5. The number of nitrogens with one attached hydrogen (secondary N) is 1. The second kappa shape index (κ2) is 6.21. The van der Waals surface area contributed by atoms with Crippen molar-refractivity contribution >= 4 is 0 Å². The Morgan fingerprint density at radius 3 is 2.35 bits per heavy atom. The number of hydrogen-bond acceptors (Lipinski definition) is 2. The van der Waals surface area contributed by atoms with Crippen LogP contribution in [0.2, 0.25) is 0 Å². The van der Waals surface area contributed by atoms with Gasteiger partial charge in [0.1, 0.15) is 0 Å². The summed E-state index contributed by atoms with van der Waals surface area (Å²) in [5, 5.41) is 3.47. The van der Waals surface area contributed by atoms with Gasteiger partial charge in [0.05, 0.1) is 12.7 Å². The molecule has 2 atom stereocenters. The Morgan fingerprint density at radius 2 is 1.60 bits per heavy atom. The minimum atomic E-state index is 0.171. The van der Waals surface area contributed by atoms with Crippen LogP contribution in [0.4, 0.5) is 0 Å². The van der Waals surface area contributed by atoms with E-state index in [1.165, 1.54) is 16.7 Å². The third-order valence-electron chi connectivity index (χ3n) is 3.79. The lowest BCUT2D eigenvalue weighted by molar-refractivity contribution is 0.0515. The van der Waals surface area contributed by atoms with Crippen molar-refractivity contribution in [3.63, 3.8) is 0 Å². The number of hydrogen-bond donors (Lipinski definition) is 1. The summed E-state index contributed by atoms with van der Waals surface area (Å²) >= 11 is 0. The van der Waals surface area contributed by atoms with E-state index in [0.29, 0.717) is 5.92 Å². The van der Waals surface area contributed by atoms with Crippen LogP contribution in [0.1, 0.15) is 18.6 Å². The summed E-state index contributed by atoms with van der Waals surface area (Å²) in [6.45, 7) is 4.99. The van der Waals surface area contributed by atoms with Gasteiger partial charge in [-0.1, -0.05) is 61.5 Å². The summed E-state index contributed by atoms with van der Waals surface area (Å²) in [7, 11) is 0. The Hall–Kier alpha value is -1.64. The van der Waals surface area contributed by atoms with Crippen LogP contribution in [0.3, 0.4) is 0 Å². The molecule has 2 heteroatoms. The normalized spacial score (nSPS) is 23.2. The molecule has 1 aliphatic heterocycles. The highest BCUT2D eigenvalue weighted by Gasteiger charge is 2.17. The molecule has 3 rings (SSSR count). The minimum absolute atomic E-state index is 0.171. The van der Waals surface area contributed by atoms with Crippen molar-refractivity contribution < 1.29 is 4.74 Å². The molecule has 1 aliphatic rings. The largest absolute Gasteiger partial charge is 0.372 e. The zero-order valence-corrected chi connectivity index (χ0v) is 11.9. The Labute approximate surface area is 120 Å². The van der Waals surface area contributed by atoms with Crippen molar-refractivity contribution in [1.29, 1.82) is 0 Å². The van der Waals surface area contributed by atoms with Crippen molar-refractivity contribution in [1.82, 2.24) is 5.32 Å². The predicted octanol–water partition coefficient (Wildman–Crippen LogP) is 3.65. The molecule has 1 fully saturated rings. The van der Waals surface area contributed by atoms with E-state index in [1.54, 1.807) is 0 Å². The third kappa shape index (κ3) is 3.09. The van der Waals surface area contributed by atoms with Gasteiger partial charge in [0.15, 0.2) is 0 Å². The van der Waals surface area contributed by atoms with Crippen LogP contribution in [0, 0.1) is 5.92 Å². The van der Waals surface area contributed by atoms with E-state index < -0.39 is 0 Å². The summed E-state index contributed by atoms with van der Waals surface area (Å²) < 4.78 is 5.98. The first-order chi connectivity index (χ1) is 9.83. The zero-order valence-electron chi connectivity index (χ0n) is 11.9. The van der Waals surface area contributed by atoms with Crippen molar-refractivity contribution in [2.24, 2.45) is 5.92 Å². The second-order valence-corrected chi connectivity index (χ2v) is 5.57. The van der Waals surface area contributed by atoms with Gasteiger partial charge in [0.2, 0.25) is 0 Å². The number of ether oxygens (including phenoxy) is 1. The van der Waals surface area contributed by atoms with Gasteiger partial charge in [-0.05, 0) is 22.6 Å². The summed E-state index contributed by atoms with van der Waals surface area (Å²) in [5.74, 6) is 0.587. The molecule has 20 heavy (non-hydrogen) atoms. The molecule has 2 unspecified atom stereocenters. The van der Waals surface area contributed by atoms with Gasteiger partial charge in [-0.2, -0.15) is 0 Å². The maximum atomic E-state index is 5.98. The minimum Gasteiger partial charge on any atom is -0.372 e. The molecule has 0 saturated carbocycles. The van der Waals surface area contributed by atoms with Crippen LogP contribution < -0.4 is 5.32 Å². The van der Waals surface area contributed by atoms with E-state index in [2.05, 4.69) is 60.8 Å². The standard InChI is InChI=1S/C18H21NO/c1-14-11-19-12-18(20-13-14)17-9-7-16(8-10-17)15-5-3-2-4-6-15/h2-10,14,18-19H,11-13H2,1H3. The average molecular weight is 267 g/mol. The maximum absolute atomic E-state index is 5.98. The van der Waals surface area contributed by atoms with Crippen molar-refractivity contribution in [3.05, 3.63) is 60.2 Å². The molecular weight excluding hydrogens is 246 g/mol. The Morgan fingerprint density at radius 1 is 0.900 bits per heavy atom. The molecule has 104 valence electrons. The maximum Gasteiger partial charge on any atom is 0.0949 e. The van der Waals surface area contributed by atoms with E-state index in [1.807, 2.05) is 6.07 Å². The van der Waals surface area contributed by atoms with E-state index in [4.69, 9.17) is 4.74 Å². The smallest absolute Gasteiger partial charge is 0.0949 e. The van der Waals surface area contributed by atoms with Gasteiger partial charge in [-0.25, -0.2) is 0 Å². The van der Waals surface area contributed by atoms with Crippen molar-refractivity contribution in [3.8, 4) is 11.1 Å². The monoisotopic (exact) mass is 267 g/mol. The van der Waals surface area contributed by atoms with E-state index in [-0.39, 0.29) is 6.10 Å². The van der Waals surface area contributed by atoms with Crippen LogP contribution in [0.5, 0.6) is 0 Å². The first kappa shape index (κ1) is 13.3. The molecule has 1 N–H and O–H groups in total. The van der Waals surface area contributed by atoms with Crippen LogP contribution in [0.25, 0.3) is 11.1 Å². The van der Waals surface area contributed by atoms with Crippen LogP contribution >= 0.6 is 0 Å². The Balaban J connectivity index is 1.76.